The minimum Gasteiger partial charge on any atom is -0.378 e. The lowest BCUT2D eigenvalue weighted by Crippen LogP contribution is -2.51. The second-order valence-electron chi connectivity index (χ2n) is 9.47. The standard InChI is InChI=1S/C28H35N3O7S/c1-3-23(25(33)28(35)29-19-20-10-6-4-7-11-20)30-27(34)22(18-24(32)31-14-16-38-17-15-31)26(39(2,36)37)21-12-8-5-9-13-21/h4-13,22-23,26H,3,14-19H2,1-2H3,(H,29,35)(H,30,34)/t22?,23-,26?/m1/s1. The first kappa shape index (κ1) is 30.0. The molecule has 3 rings (SSSR count). The average molecular weight is 558 g/mol. The van der Waals surface area contributed by atoms with Crippen LogP contribution in [0.3, 0.4) is 0 Å². The van der Waals surface area contributed by atoms with Crippen LogP contribution in [0.2, 0.25) is 0 Å². The van der Waals surface area contributed by atoms with Crippen molar-refractivity contribution in [1.29, 1.82) is 0 Å². The predicted molar refractivity (Wildman–Crippen MR) is 145 cm³/mol. The molecule has 1 fully saturated rings. The van der Waals surface area contributed by atoms with E-state index >= 15 is 0 Å². The fourth-order valence-corrected chi connectivity index (χ4v) is 6.01. The first-order valence-corrected chi connectivity index (χ1v) is 14.8. The Labute approximate surface area is 229 Å². The quantitative estimate of drug-likeness (QED) is 0.376. The molecule has 0 aromatic heterocycles. The molecule has 2 unspecified atom stereocenters. The summed E-state index contributed by atoms with van der Waals surface area (Å²) in [6, 6.07) is 16.1. The third kappa shape index (κ3) is 8.46. The van der Waals surface area contributed by atoms with E-state index in [9.17, 15) is 27.6 Å². The molecule has 2 aromatic rings. The Balaban J connectivity index is 1.83. The third-order valence-corrected chi connectivity index (χ3v) is 8.13. The molecule has 11 heteroatoms. The first-order chi connectivity index (χ1) is 18.6. The second kappa shape index (κ2) is 14.0. The van der Waals surface area contributed by atoms with Gasteiger partial charge >= 0.3 is 0 Å². The van der Waals surface area contributed by atoms with Crippen LogP contribution in [0.25, 0.3) is 0 Å². The molecule has 3 amide bonds. The van der Waals surface area contributed by atoms with Crippen molar-refractivity contribution in [3.05, 3.63) is 71.8 Å². The maximum atomic E-state index is 13.6. The molecule has 39 heavy (non-hydrogen) atoms. The highest BCUT2D eigenvalue weighted by Crippen LogP contribution is 2.33. The molecule has 2 N–H and O–H groups in total. The molecular weight excluding hydrogens is 522 g/mol. The molecule has 3 atom stereocenters. The minimum absolute atomic E-state index is 0.0995. The minimum atomic E-state index is -3.88. The number of ether oxygens (including phenoxy) is 1. The average Bonchev–Trinajstić information content (AvgIpc) is 2.94. The van der Waals surface area contributed by atoms with Gasteiger partial charge in [0.1, 0.15) is 0 Å². The van der Waals surface area contributed by atoms with E-state index in [1.54, 1.807) is 49.4 Å². The van der Waals surface area contributed by atoms with Crippen molar-refractivity contribution >= 4 is 33.3 Å². The maximum Gasteiger partial charge on any atom is 0.289 e. The number of hydrogen-bond donors (Lipinski definition) is 2. The van der Waals surface area contributed by atoms with Gasteiger partial charge in [0.2, 0.25) is 17.6 Å². The molecule has 2 aromatic carbocycles. The molecule has 210 valence electrons. The molecule has 0 saturated carbocycles. The van der Waals surface area contributed by atoms with Crippen LogP contribution in [0.1, 0.15) is 36.1 Å². The largest absolute Gasteiger partial charge is 0.378 e. The molecular formula is C28H35N3O7S. The molecule has 1 heterocycles. The van der Waals surface area contributed by atoms with Crippen LogP contribution in [0.15, 0.2) is 60.7 Å². The van der Waals surface area contributed by atoms with Crippen molar-refractivity contribution < 1.29 is 32.3 Å². The lowest BCUT2D eigenvalue weighted by molar-refractivity contribution is -0.142. The fourth-order valence-electron chi connectivity index (χ4n) is 4.54. The number of morpholine rings is 1. The monoisotopic (exact) mass is 557 g/mol. The van der Waals surface area contributed by atoms with Crippen LogP contribution in [-0.2, 0) is 40.3 Å². The topological polar surface area (TPSA) is 139 Å². The number of ketones is 1. The molecule has 0 radical (unpaired) electrons. The van der Waals surface area contributed by atoms with Gasteiger partial charge in [0.15, 0.2) is 9.84 Å². The van der Waals surface area contributed by atoms with Gasteiger partial charge in [0.25, 0.3) is 5.91 Å². The highest BCUT2D eigenvalue weighted by molar-refractivity contribution is 7.91. The van der Waals surface area contributed by atoms with E-state index in [4.69, 9.17) is 4.74 Å². The van der Waals surface area contributed by atoms with Gasteiger partial charge in [-0.15, -0.1) is 0 Å². The van der Waals surface area contributed by atoms with Crippen molar-refractivity contribution in [3.8, 4) is 0 Å². The van der Waals surface area contributed by atoms with Crippen LogP contribution >= 0.6 is 0 Å². The highest BCUT2D eigenvalue weighted by Gasteiger charge is 2.40. The zero-order valence-corrected chi connectivity index (χ0v) is 23.0. The van der Waals surface area contributed by atoms with Gasteiger partial charge in [0.05, 0.1) is 30.4 Å². The Morgan fingerprint density at radius 2 is 1.54 bits per heavy atom. The van der Waals surface area contributed by atoms with Crippen molar-refractivity contribution in [2.75, 3.05) is 32.6 Å². The summed E-state index contributed by atoms with van der Waals surface area (Å²) in [5.74, 6) is -4.22. The Bertz CT molecular complexity index is 1250. The van der Waals surface area contributed by atoms with Gasteiger partial charge < -0.3 is 20.3 Å². The van der Waals surface area contributed by atoms with E-state index in [0.717, 1.165) is 11.8 Å². The van der Waals surface area contributed by atoms with E-state index in [-0.39, 0.29) is 25.3 Å². The van der Waals surface area contributed by atoms with Crippen LogP contribution in [0.4, 0.5) is 0 Å². The van der Waals surface area contributed by atoms with Gasteiger partial charge in [-0.2, -0.15) is 0 Å². The van der Waals surface area contributed by atoms with Crippen LogP contribution in [0, 0.1) is 5.92 Å². The van der Waals surface area contributed by atoms with E-state index in [1.807, 2.05) is 18.2 Å². The first-order valence-electron chi connectivity index (χ1n) is 12.9. The Morgan fingerprint density at radius 1 is 0.949 bits per heavy atom. The number of hydrogen-bond acceptors (Lipinski definition) is 7. The Kier molecular flexibility index (Phi) is 10.8. The number of carbonyl (C=O) groups excluding carboxylic acids is 4. The van der Waals surface area contributed by atoms with Crippen molar-refractivity contribution in [1.82, 2.24) is 15.5 Å². The number of carbonyl (C=O) groups is 4. The molecule has 0 spiro atoms. The smallest absolute Gasteiger partial charge is 0.289 e. The van der Waals surface area contributed by atoms with E-state index in [0.29, 0.717) is 31.9 Å². The van der Waals surface area contributed by atoms with Crippen molar-refractivity contribution in [3.63, 3.8) is 0 Å². The molecule has 0 aliphatic carbocycles. The fraction of sp³-hybridized carbons (Fsp3) is 0.429. The number of nitrogens with zero attached hydrogens (tertiary/aromatic N) is 1. The summed E-state index contributed by atoms with van der Waals surface area (Å²) < 4.78 is 31.3. The Hall–Kier alpha value is -3.57. The van der Waals surface area contributed by atoms with E-state index in [1.165, 1.54) is 4.90 Å². The zero-order valence-electron chi connectivity index (χ0n) is 22.2. The van der Waals surface area contributed by atoms with Gasteiger partial charge in [-0.05, 0) is 17.5 Å². The van der Waals surface area contributed by atoms with E-state index in [2.05, 4.69) is 10.6 Å². The van der Waals surface area contributed by atoms with Gasteiger partial charge in [-0.1, -0.05) is 67.6 Å². The third-order valence-electron chi connectivity index (χ3n) is 6.61. The molecule has 1 saturated heterocycles. The van der Waals surface area contributed by atoms with Crippen LogP contribution < -0.4 is 10.6 Å². The summed E-state index contributed by atoms with van der Waals surface area (Å²) in [6.45, 7) is 3.13. The Morgan fingerprint density at radius 3 is 2.10 bits per heavy atom. The van der Waals surface area contributed by atoms with Crippen LogP contribution in [-0.4, -0.2) is 75.4 Å². The lowest BCUT2D eigenvalue weighted by atomic mass is 9.93. The molecule has 10 nitrogen and oxygen atoms in total. The highest BCUT2D eigenvalue weighted by atomic mass is 32.2. The van der Waals surface area contributed by atoms with Crippen LogP contribution in [0.5, 0.6) is 0 Å². The maximum absolute atomic E-state index is 13.6. The van der Waals surface area contributed by atoms with Gasteiger partial charge in [-0.25, -0.2) is 8.42 Å². The number of sulfone groups is 1. The lowest BCUT2D eigenvalue weighted by Gasteiger charge is -2.31. The molecule has 1 aliphatic heterocycles. The number of nitrogens with one attached hydrogen (secondary N) is 2. The number of amides is 3. The summed E-state index contributed by atoms with van der Waals surface area (Å²) in [5, 5.41) is 3.79. The SMILES string of the molecule is CC[C@@H](NC(=O)C(CC(=O)N1CCOCC1)C(c1ccccc1)S(C)(=O)=O)C(=O)C(=O)NCc1ccccc1. The van der Waals surface area contributed by atoms with Crippen molar-refractivity contribution in [2.45, 2.75) is 37.6 Å². The summed E-state index contributed by atoms with van der Waals surface area (Å²) >= 11 is 0. The second-order valence-corrected chi connectivity index (χ2v) is 11.6. The van der Waals surface area contributed by atoms with Gasteiger partial charge in [0, 0.05) is 32.3 Å². The predicted octanol–water partition coefficient (Wildman–Crippen LogP) is 1.42. The summed E-state index contributed by atoms with van der Waals surface area (Å²) in [7, 11) is -3.88. The van der Waals surface area contributed by atoms with Gasteiger partial charge in [-0.3, -0.25) is 19.2 Å². The van der Waals surface area contributed by atoms with E-state index < -0.39 is 44.6 Å². The summed E-state index contributed by atoms with van der Waals surface area (Å²) in [4.78, 5) is 53.8. The number of rotatable bonds is 12. The number of benzene rings is 2. The van der Waals surface area contributed by atoms with Crippen molar-refractivity contribution in [2.24, 2.45) is 5.92 Å². The molecule has 1 aliphatic rings. The normalized spacial score (nSPS) is 16.0. The molecule has 0 bridgehead atoms. The number of Topliss-reactive ketones (excluding diaryl/α,β-unsaturated/α-hetero) is 1. The zero-order chi connectivity index (χ0) is 28.4. The summed E-state index contributed by atoms with van der Waals surface area (Å²) in [5.41, 5.74) is 1.16. The summed E-state index contributed by atoms with van der Waals surface area (Å²) in [6.07, 6.45) is 0.731.